The molecule has 26 rings (SSSR count). The van der Waals surface area contributed by atoms with Crippen LogP contribution in [0.1, 0.15) is 0 Å². The lowest BCUT2D eigenvalue weighted by Crippen LogP contribution is -2.01. The van der Waals surface area contributed by atoms with Gasteiger partial charge in [-0.1, -0.05) is 206 Å². The van der Waals surface area contributed by atoms with E-state index in [9.17, 15) is 0 Å². The first-order valence-electron chi connectivity index (χ1n) is 38.3. The highest BCUT2D eigenvalue weighted by molar-refractivity contribution is 6.26. The van der Waals surface area contributed by atoms with Crippen LogP contribution in [0.25, 0.3) is 216 Å². The van der Waals surface area contributed by atoms with E-state index < -0.39 is 0 Å². The Balaban J connectivity index is 0.000000103. The molecule has 0 N–H and O–H groups in total. The molecule has 10 heterocycles. The minimum atomic E-state index is 0.630. The average Bonchev–Trinajstić information content (AvgIpc) is 1.75. The molecule has 0 saturated heterocycles. The van der Waals surface area contributed by atoms with Crippen LogP contribution >= 0.6 is 0 Å². The van der Waals surface area contributed by atoms with Crippen LogP contribution in [0.15, 0.2) is 364 Å². The van der Waals surface area contributed by atoms with Gasteiger partial charge < -0.3 is 4.57 Å². The highest BCUT2D eigenvalue weighted by Crippen LogP contribution is 2.42. The van der Waals surface area contributed by atoms with Crippen LogP contribution in [-0.4, -0.2) is 76.3 Å². The van der Waals surface area contributed by atoms with E-state index >= 15 is 0 Å². The summed E-state index contributed by atoms with van der Waals surface area (Å²) in [6, 6.07) is 121. The molecular weight excluding hydrogens is 1410 g/mol. The van der Waals surface area contributed by atoms with Gasteiger partial charge in [-0.3, -0.25) is 32.3 Å². The van der Waals surface area contributed by atoms with Crippen molar-refractivity contribution in [2.24, 2.45) is 0 Å². The normalized spacial score (nSPS) is 12.0. The van der Waals surface area contributed by atoms with Crippen molar-refractivity contribution in [2.45, 2.75) is 0 Å². The third-order valence-corrected chi connectivity index (χ3v) is 22.6. The van der Waals surface area contributed by atoms with Crippen LogP contribution in [0.4, 0.5) is 0 Å². The van der Waals surface area contributed by atoms with E-state index in [1.807, 2.05) is 138 Å². The summed E-state index contributed by atoms with van der Waals surface area (Å²) in [4.78, 5) is 43.9. The zero-order valence-corrected chi connectivity index (χ0v) is 61.3. The molecule has 16 aromatic carbocycles. The molecule has 115 heavy (non-hydrogen) atoms. The molecule has 0 amide bonds. The van der Waals surface area contributed by atoms with Crippen molar-refractivity contribution >= 4 is 171 Å². The van der Waals surface area contributed by atoms with Crippen molar-refractivity contribution in [3.63, 3.8) is 0 Å². The first-order valence-corrected chi connectivity index (χ1v) is 38.3. The van der Waals surface area contributed by atoms with Gasteiger partial charge in [-0.05, 0) is 194 Å². The Kier molecular flexibility index (Phi) is 14.0. The van der Waals surface area contributed by atoms with E-state index in [-0.39, 0.29) is 0 Å². The monoisotopic (exact) mass is 1470 g/mol. The van der Waals surface area contributed by atoms with Gasteiger partial charge in [0.1, 0.15) is 0 Å². The Labute approximate surface area is 652 Å². The Bertz CT molecular complexity index is 8490. The Morgan fingerprint density at radius 1 is 0.183 bits per heavy atom. The molecule has 0 radical (unpaired) electrons. The first-order chi connectivity index (χ1) is 57.0. The molecule has 0 unspecified atom stereocenters. The van der Waals surface area contributed by atoms with Crippen LogP contribution in [0, 0.1) is 0 Å². The Morgan fingerprint density at radius 2 is 0.548 bits per heavy atom. The quantitative estimate of drug-likeness (QED) is 0.148. The largest absolute Gasteiger partial charge is 0.309 e. The SMILES string of the molecule is c1ccc(-n2c3ccccc3c3cc(-c4ccc5c(c4)n4c6ccccc6nc4n5-c4cnc5ccccc5n4)ccc32)cc1.c1ccc2nc(-n3c4ccc(-c5ccc6c7ccccc7c7ccccc7c6c5)cc4n4c5ccccc5nc34)cnc2c1.c1ccc2nc(-n3c4ccccc4n4c5ccccc5nc34)ncc2c1. The maximum Gasteiger partial charge on any atom is 0.237 e. The topological polar surface area (TPSA) is 149 Å². The van der Waals surface area contributed by atoms with Crippen LogP contribution in [-0.2, 0) is 0 Å². The highest BCUT2D eigenvalue weighted by Gasteiger charge is 2.24. The van der Waals surface area contributed by atoms with Gasteiger partial charge in [-0.25, -0.2) is 39.5 Å². The second-order valence-corrected chi connectivity index (χ2v) is 29.0. The van der Waals surface area contributed by atoms with Crippen molar-refractivity contribution in [2.75, 3.05) is 0 Å². The van der Waals surface area contributed by atoms with E-state index in [1.54, 1.807) is 0 Å². The number of para-hydroxylation sites is 15. The van der Waals surface area contributed by atoms with Gasteiger partial charge in [-0.2, -0.15) is 0 Å². The lowest BCUT2D eigenvalue weighted by atomic mass is 9.92. The Morgan fingerprint density at radius 3 is 1.10 bits per heavy atom. The van der Waals surface area contributed by atoms with Crippen LogP contribution < -0.4 is 0 Å². The zero-order valence-electron chi connectivity index (χ0n) is 61.3. The predicted molar refractivity (Wildman–Crippen MR) is 466 cm³/mol. The number of nitrogens with zero attached hydrogens (tertiary/aromatic N) is 16. The number of fused-ring (bicyclic) bond motifs is 27. The fourth-order valence-electron chi connectivity index (χ4n) is 17.4. The molecule has 0 bridgehead atoms. The molecule has 16 heteroatoms. The van der Waals surface area contributed by atoms with Crippen molar-refractivity contribution in [3.8, 4) is 45.5 Å². The number of benzene rings is 16. The van der Waals surface area contributed by atoms with Gasteiger partial charge in [0.2, 0.25) is 23.3 Å². The molecule has 0 atom stereocenters. The lowest BCUT2D eigenvalue weighted by Gasteiger charge is -2.12. The molecule has 0 aliphatic carbocycles. The van der Waals surface area contributed by atoms with Crippen molar-refractivity contribution in [3.05, 3.63) is 364 Å². The van der Waals surface area contributed by atoms with Crippen molar-refractivity contribution in [1.82, 2.24) is 76.3 Å². The second kappa shape index (κ2) is 25.2. The Hall–Kier alpha value is -16.1. The summed E-state index contributed by atoms with van der Waals surface area (Å²) in [6.45, 7) is 0. The van der Waals surface area contributed by atoms with Crippen molar-refractivity contribution in [1.29, 1.82) is 0 Å². The number of aromatic nitrogens is 16. The summed E-state index contributed by atoms with van der Waals surface area (Å²) < 4.78 is 15.3. The number of rotatable bonds is 6. The third kappa shape index (κ3) is 9.95. The van der Waals surface area contributed by atoms with Gasteiger partial charge >= 0.3 is 0 Å². The van der Waals surface area contributed by atoms with Gasteiger partial charge in [0, 0.05) is 28.0 Å². The molecule has 536 valence electrons. The van der Waals surface area contributed by atoms with E-state index in [1.165, 1.54) is 59.7 Å². The molecule has 0 aliphatic rings. The van der Waals surface area contributed by atoms with Crippen LogP contribution in [0.2, 0.25) is 0 Å². The maximum atomic E-state index is 5.07. The number of imidazole rings is 6. The number of hydrogen-bond donors (Lipinski definition) is 0. The molecule has 26 aromatic rings. The fourth-order valence-corrected chi connectivity index (χ4v) is 17.4. The van der Waals surface area contributed by atoms with Gasteiger partial charge in [-0.15, -0.1) is 0 Å². The summed E-state index contributed by atoms with van der Waals surface area (Å²) in [5.74, 6) is 4.57. The standard InChI is InChI=1S/C39H24N6.C39H23N5.C21H13N5/c1-2-10-27(11-3-1)43-33-16-8-4-12-28(33)29-22-25(18-20-34(29)43)26-19-21-36-37(23-26)44-35-17-9-7-15-32(35)42-39(44)45(36)38-24-40-30-13-5-6-14-31(30)41-38;1-2-11-28-26(9-1)27-10-3-4-12-29(27)31-21-24(17-19-30(28)31)25-18-20-36-37(22-25)43-35-16-8-7-15-34(35)42-39(43)44(36)38-23-40-32-13-5-6-14-33(32)41-38;1-2-8-15-14(7-1)13-22-20(23-15)26-19-12-6-5-11-18(19)25-17-10-4-3-9-16(17)24-21(25)26/h1-24H;1-23H;1-13H. The minimum absolute atomic E-state index is 0.630. The van der Waals surface area contributed by atoms with Gasteiger partial charge in [0.25, 0.3) is 0 Å². The van der Waals surface area contributed by atoms with E-state index in [4.69, 9.17) is 39.9 Å². The smallest absolute Gasteiger partial charge is 0.237 e. The zero-order chi connectivity index (χ0) is 75.3. The molecule has 0 saturated carbocycles. The highest BCUT2D eigenvalue weighted by atomic mass is 15.3. The molecule has 0 spiro atoms. The maximum absolute atomic E-state index is 5.07. The summed E-state index contributed by atoms with van der Waals surface area (Å²) in [7, 11) is 0. The average molecular weight is 1470 g/mol. The summed E-state index contributed by atoms with van der Waals surface area (Å²) >= 11 is 0. The third-order valence-electron chi connectivity index (χ3n) is 22.6. The van der Waals surface area contributed by atoms with Crippen molar-refractivity contribution < 1.29 is 0 Å². The van der Waals surface area contributed by atoms with Crippen LogP contribution in [0.5, 0.6) is 0 Å². The molecule has 0 fully saturated rings. The summed E-state index contributed by atoms with van der Waals surface area (Å²) in [5.41, 5.74) is 24.9. The number of hydrogen-bond acceptors (Lipinski definition) is 9. The summed E-state index contributed by atoms with van der Waals surface area (Å²) in [6.07, 6.45) is 5.55. The first kappa shape index (κ1) is 63.8. The van der Waals surface area contributed by atoms with E-state index in [0.29, 0.717) is 5.95 Å². The molecule has 10 aromatic heterocycles. The minimum Gasteiger partial charge on any atom is -0.309 e. The molecular formula is C99H60N16. The molecule has 0 aliphatic heterocycles. The summed E-state index contributed by atoms with van der Waals surface area (Å²) in [5, 5.41) is 11.2. The van der Waals surface area contributed by atoms with Crippen LogP contribution in [0.3, 0.4) is 0 Å². The predicted octanol–water partition coefficient (Wildman–Crippen LogP) is 23.0. The second-order valence-electron chi connectivity index (χ2n) is 29.0. The van der Waals surface area contributed by atoms with Gasteiger partial charge in [0.15, 0.2) is 11.6 Å². The van der Waals surface area contributed by atoms with E-state index in [2.05, 4.69) is 262 Å². The molecule has 16 nitrogen and oxygen atoms in total. The fraction of sp³-hybridized carbons (Fsp3) is 0. The lowest BCUT2D eigenvalue weighted by molar-refractivity contribution is 0.984. The van der Waals surface area contributed by atoms with Gasteiger partial charge in [0.05, 0.1) is 117 Å². The van der Waals surface area contributed by atoms with E-state index in [0.717, 1.165) is 151 Å².